The van der Waals surface area contributed by atoms with E-state index < -0.39 is 12.4 Å². The minimum absolute atomic E-state index is 0.0314. The summed E-state index contributed by atoms with van der Waals surface area (Å²) in [6.45, 7) is 3.48. The molecule has 0 aliphatic heterocycles. The maximum absolute atomic E-state index is 12.6. The van der Waals surface area contributed by atoms with Gasteiger partial charge in [0.15, 0.2) is 0 Å². The van der Waals surface area contributed by atoms with Gasteiger partial charge in [0.1, 0.15) is 5.69 Å². The number of hydrogen-bond donors (Lipinski definition) is 0. The van der Waals surface area contributed by atoms with Crippen molar-refractivity contribution in [2.45, 2.75) is 26.7 Å². The first kappa shape index (κ1) is 14.3. The average Bonchev–Trinajstić information content (AvgIpc) is 2.29. The Hall–Kier alpha value is -1.72. The Labute approximate surface area is 104 Å². The molecule has 0 aromatic carbocycles. The number of halogens is 2. The second-order valence-corrected chi connectivity index (χ2v) is 3.64. The first-order chi connectivity index (χ1) is 8.49. The fourth-order valence-electron chi connectivity index (χ4n) is 1.56. The van der Waals surface area contributed by atoms with Gasteiger partial charge in [0.2, 0.25) is 5.88 Å². The normalized spacial score (nSPS) is 10.6. The first-order valence-corrected chi connectivity index (χ1v) is 5.47. The number of hydrogen-bond acceptors (Lipinski definition) is 4. The number of pyridine rings is 1. The fourth-order valence-corrected chi connectivity index (χ4v) is 1.56. The fraction of sp³-hybridized carbons (Fsp3) is 0.500. The smallest absolute Gasteiger partial charge is 0.310 e. The largest absolute Gasteiger partial charge is 0.481 e. The molecular weight excluding hydrogens is 244 g/mol. The summed E-state index contributed by atoms with van der Waals surface area (Å²) in [5.41, 5.74) is 0.433. The zero-order valence-corrected chi connectivity index (χ0v) is 10.5. The molecule has 0 saturated heterocycles. The van der Waals surface area contributed by atoms with Gasteiger partial charge in [-0.1, -0.05) is 0 Å². The summed E-state index contributed by atoms with van der Waals surface area (Å²) in [5, 5.41) is 0. The summed E-state index contributed by atoms with van der Waals surface area (Å²) in [7, 11) is 1.32. The molecule has 1 rings (SSSR count). The van der Waals surface area contributed by atoms with E-state index >= 15 is 0 Å². The van der Waals surface area contributed by atoms with E-state index in [1.807, 2.05) is 0 Å². The molecule has 0 fully saturated rings. The molecule has 0 saturated carbocycles. The number of nitrogens with zero attached hydrogens (tertiary/aromatic N) is 1. The highest BCUT2D eigenvalue weighted by Gasteiger charge is 2.18. The molecule has 0 N–H and O–H groups in total. The van der Waals surface area contributed by atoms with E-state index in [9.17, 15) is 13.6 Å². The van der Waals surface area contributed by atoms with Crippen molar-refractivity contribution in [2.24, 2.45) is 0 Å². The third-order valence-corrected chi connectivity index (χ3v) is 2.33. The van der Waals surface area contributed by atoms with Gasteiger partial charge in [0.25, 0.3) is 6.43 Å². The van der Waals surface area contributed by atoms with E-state index in [0.29, 0.717) is 11.1 Å². The van der Waals surface area contributed by atoms with Crippen LogP contribution in [0.1, 0.15) is 30.2 Å². The van der Waals surface area contributed by atoms with Crippen molar-refractivity contribution >= 4 is 5.97 Å². The number of carbonyl (C=O) groups excluding carboxylic acids is 1. The highest BCUT2D eigenvalue weighted by atomic mass is 19.3. The molecule has 0 amide bonds. The van der Waals surface area contributed by atoms with Crippen LogP contribution in [0.15, 0.2) is 6.07 Å². The quantitative estimate of drug-likeness (QED) is 0.762. The summed E-state index contributed by atoms with van der Waals surface area (Å²) in [5.74, 6) is -0.411. The lowest BCUT2D eigenvalue weighted by molar-refractivity contribution is -0.142. The minimum atomic E-state index is -2.67. The highest BCUT2D eigenvalue weighted by Crippen LogP contribution is 2.26. The van der Waals surface area contributed by atoms with Crippen LogP contribution < -0.4 is 4.74 Å². The molecule has 1 aromatic rings. The Morgan fingerprint density at radius 3 is 2.67 bits per heavy atom. The number of aryl methyl sites for hydroxylation is 1. The van der Waals surface area contributed by atoms with E-state index in [4.69, 9.17) is 9.47 Å². The van der Waals surface area contributed by atoms with E-state index in [2.05, 4.69) is 4.98 Å². The summed E-state index contributed by atoms with van der Waals surface area (Å²) >= 11 is 0. The number of aromatic nitrogens is 1. The Balaban J connectivity index is 3.05. The van der Waals surface area contributed by atoms with Crippen LogP contribution in [0.25, 0.3) is 0 Å². The van der Waals surface area contributed by atoms with E-state index in [1.54, 1.807) is 6.92 Å². The van der Waals surface area contributed by atoms with Crippen LogP contribution >= 0.6 is 0 Å². The van der Waals surface area contributed by atoms with E-state index in [-0.39, 0.29) is 24.6 Å². The molecule has 0 aliphatic rings. The van der Waals surface area contributed by atoms with Crippen molar-refractivity contribution in [2.75, 3.05) is 13.7 Å². The van der Waals surface area contributed by atoms with Gasteiger partial charge in [-0.2, -0.15) is 0 Å². The topological polar surface area (TPSA) is 48.4 Å². The van der Waals surface area contributed by atoms with Gasteiger partial charge in [0.05, 0.1) is 20.1 Å². The minimum Gasteiger partial charge on any atom is -0.481 e. The Morgan fingerprint density at radius 1 is 1.50 bits per heavy atom. The standard InChI is InChI=1S/C12H15F2NO3/c1-4-18-9(16)6-8-5-7(2)10(11(13)14)15-12(8)17-3/h5,11H,4,6H2,1-3H3. The number of carbonyl (C=O) groups is 1. The van der Waals surface area contributed by atoms with Gasteiger partial charge in [-0.15, -0.1) is 0 Å². The molecule has 0 unspecified atom stereocenters. The van der Waals surface area contributed by atoms with Crippen LogP contribution in [0.2, 0.25) is 0 Å². The third-order valence-electron chi connectivity index (χ3n) is 2.33. The van der Waals surface area contributed by atoms with Crippen molar-refractivity contribution < 1.29 is 23.0 Å². The summed E-state index contributed by atoms with van der Waals surface area (Å²) in [6.07, 6.45) is -2.72. The molecule has 0 atom stereocenters. The lowest BCUT2D eigenvalue weighted by Gasteiger charge is -2.11. The van der Waals surface area contributed by atoms with Crippen LogP contribution in [0, 0.1) is 6.92 Å². The van der Waals surface area contributed by atoms with E-state index in [1.165, 1.54) is 20.1 Å². The van der Waals surface area contributed by atoms with Gasteiger partial charge >= 0.3 is 5.97 Å². The molecule has 1 heterocycles. The Bertz CT molecular complexity index is 436. The zero-order chi connectivity index (χ0) is 13.7. The van der Waals surface area contributed by atoms with E-state index in [0.717, 1.165) is 0 Å². The van der Waals surface area contributed by atoms with Crippen molar-refractivity contribution in [1.29, 1.82) is 0 Å². The third kappa shape index (κ3) is 3.38. The monoisotopic (exact) mass is 259 g/mol. The van der Waals surface area contributed by atoms with Gasteiger partial charge in [-0.05, 0) is 25.5 Å². The molecule has 0 spiro atoms. The molecule has 0 radical (unpaired) electrons. The number of methoxy groups -OCH3 is 1. The maximum atomic E-state index is 12.6. The predicted molar refractivity (Wildman–Crippen MR) is 60.8 cm³/mol. The number of esters is 1. The molecule has 100 valence electrons. The SMILES string of the molecule is CCOC(=O)Cc1cc(C)c(C(F)F)nc1OC. The second kappa shape index (κ2) is 6.28. The summed E-state index contributed by atoms with van der Waals surface area (Å²) < 4.78 is 35.0. The number of alkyl halides is 2. The van der Waals surface area contributed by atoms with Crippen LogP contribution in [0.4, 0.5) is 8.78 Å². The number of ether oxygens (including phenoxy) is 2. The van der Waals surface area contributed by atoms with Crippen LogP contribution in [-0.2, 0) is 16.0 Å². The summed E-state index contributed by atoms with van der Waals surface area (Å²) in [4.78, 5) is 15.1. The van der Waals surface area contributed by atoms with Crippen molar-refractivity contribution in [3.8, 4) is 5.88 Å². The zero-order valence-electron chi connectivity index (χ0n) is 10.5. The maximum Gasteiger partial charge on any atom is 0.310 e. The number of rotatable bonds is 5. The molecule has 1 aromatic heterocycles. The first-order valence-electron chi connectivity index (χ1n) is 5.47. The lowest BCUT2D eigenvalue weighted by Crippen LogP contribution is -2.10. The van der Waals surface area contributed by atoms with Crippen LogP contribution in [0.3, 0.4) is 0 Å². The molecule has 0 aliphatic carbocycles. The highest BCUT2D eigenvalue weighted by molar-refractivity contribution is 5.73. The van der Waals surface area contributed by atoms with Crippen molar-refractivity contribution in [3.05, 3.63) is 22.9 Å². The molecule has 0 bridgehead atoms. The van der Waals surface area contributed by atoms with Crippen molar-refractivity contribution in [1.82, 2.24) is 4.98 Å². The second-order valence-electron chi connectivity index (χ2n) is 3.64. The van der Waals surface area contributed by atoms with Crippen LogP contribution in [0.5, 0.6) is 5.88 Å². The molecule has 6 heteroatoms. The Kier molecular flexibility index (Phi) is 5.00. The van der Waals surface area contributed by atoms with Gasteiger partial charge in [-0.25, -0.2) is 13.8 Å². The Morgan fingerprint density at radius 2 is 2.17 bits per heavy atom. The van der Waals surface area contributed by atoms with Gasteiger partial charge in [0, 0.05) is 5.56 Å². The lowest BCUT2D eigenvalue weighted by atomic mass is 10.1. The van der Waals surface area contributed by atoms with Gasteiger partial charge in [-0.3, -0.25) is 4.79 Å². The molecule has 18 heavy (non-hydrogen) atoms. The average molecular weight is 259 g/mol. The van der Waals surface area contributed by atoms with Crippen LogP contribution in [-0.4, -0.2) is 24.7 Å². The summed E-state index contributed by atoms with van der Waals surface area (Å²) in [6, 6.07) is 1.48. The molecular formula is C12H15F2NO3. The van der Waals surface area contributed by atoms with Gasteiger partial charge < -0.3 is 9.47 Å². The molecule has 4 nitrogen and oxygen atoms in total. The van der Waals surface area contributed by atoms with Crippen molar-refractivity contribution in [3.63, 3.8) is 0 Å². The predicted octanol–water partition coefficient (Wildman–Crippen LogP) is 2.44.